The maximum Gasteiger partial charge on any atom is 0.220 e. The molecule has 202 valence electrons. The minimum absolute atomic E-state index is 0.0363. The van der Waals surface area contributed by atoms with Gasteiger partial charge in [-0.2, -0.15) is 0 Å². The molecule has 0 spiro atoms. The first-order valence-electron chi connectivity index (χ1n) is 14.1. The van der Waals surface area contributed by atoms with Crippen LogP contribution in [0.25, 0.3) is 0 Å². The first-order valence-corrected chi connectivity index (χ1v) is 15.7. The first kappa shape index (κ1) is 27.3. The molecule has 5 rings (SSSR count). The Kier molecular flexibility index (Phi) is 7.43. The Balaban J connectivity index is 1.30. The molecule has 0 aromatic carbocycles. The van der Waals surface area contributed by atoms with E-state index in [1.807, 2.05) is 0 Å². The fourth-order valence-corrected chi connectivity index (χ4v) is 10.5. The number of halogens is 1. The van der Waals surface area contributed by atoms with Crippen LogP contribution in [0.5, 0.6) is 0 Å². The summed E-state index contributed by atoms with van der Waals surface area (Å²) in [5.41, 5.74) is 1.14. The Morgan fingerprint density at radius 1 is 1.19 bits per heavy atom. The SMILES string of the molecule is CC(C)[C@@H](NC(=O)C[C@@H](C)[C@H]1CC[C@H]2[C@@H]3[C@H](O)CC4=CC(=O)C=C[C@]4(C)[C@H]3CC[C@]12C)c1ccc(Br)s1. The van der Waals surface area contributed by atoms with Crippen LogP contribution in [-0.2, 0) is 9.59 Å². The number of thiophene rings is 1. The number of nitrogens with one attached hydrogen (secondary N) is 1. The van der Waals surface area contributed by atoms with Crippen molar-refractivity contribution in [2.45, 2.75) is 85.3 Å². The van der Waals surface area contributed by atoms with E-state index in [4.69, 9.17) is 0 Å². The Morgan fingerprint density at radius 3 is 2.62 bits per heavy atom. The highest BCUT2D eigenvalue weighted by molar-refractivity contribution is 9.11. The van der Waals surface area contributed by atoms with E-state index in [-0.39, 0.29) is 40.6 Å². The maximum absolute atomic E-state index is 13.3. The average Bonchev–Trinajstić information content (AvgIpc) is 3.41. The van der Waals surface area contributed by atoms with Crippen molar-refractivity contribution in [3.05, 3.63) is 44.6 Å². The van der Waals surface area contributed by atoms with E-state index in [1.165, 1.54) is 4.88 Å². The zero-order chi connectivity index (χ0) is 26.7. The lowest BCUT2D eigenvalue weighted by atomic mass is 9.46. The number of hydrogen-bond acceptors (Lipinski definition) is 4. The van der Waals surface area contributed by atoms with Crippen LogP contribution in [0.1, 0.15) is 84.1 Å². The van der Waals surface area contributed by atoms with Gasteiger partial charge in [0.1, 0.15) is 0 Å². The highest BCUT2D eigenvalue weighted by Gasteiger charge is 2.61. The zero-order valence-electron chi connectivity index (χ0n) is 22.8. The molecule has 0 saturated heterocycles. The number of carbonyl (C=O) groups excluding carboxylic acids is 2. The van der Waals surface area contributed by atoms with Gasteiger partial charge in [-0.15, -0.1) is 11.3 Å². The summed E-state index contributed by atoms with van der Waals surface area (Å²) in [5, 5.41) is 14.7. The lowest BCUT2D eigenvalue weighted by molar-refractivity contribution is -0.125. The van der Waals surface area contributed by atoms with Crippen LogP contribution in [0.3, 0.4) is 0 Å². The van der Waals surface area contributed by atoms with Crippen molar-refractivity contribution in [1.82, 2.24) is 5.32 Å². The summed E-state index contributed by atoms with van der Waals surface area (Å²) in [6, 6.07) is 4.20. The summed E-state index contributed by atoms with van der Waals surface area (Å²) < 4.78 is 1.09. The molecule has 6 heteroatoms. The van der Waals surface area contributed by atoms with E-state index in [1.54, 1.807) is 23.5 Å². The molecule has 1 aromatic heterocycles. The van der Waals surface area contributed by atoms with Gasteiger partial charge in [0.05, 0.1) is 15.9 Å². The third-order valence-electron chi connectivity index (χ3n) is 10.7. The molecule has 2 N–H and O–H groups in total. The number of hydrogen-bond donors (Lipinski definition) is 2. The van der Waals surface area contributed by atoms with Gasteiger partial charge in [0.15, 0.2) is 5.78 Å². The molecule has 4 aliphatic rings. The van der Waals surface area contributed by atoms with E-state index in [0.29, 0.717) is 42.4 Å². The molecule has 3 saturated carbocycles. The molecule has 0 radical (unpaired) electrons. The highest BCUT2D eigenvalue weighted by atomic mass is 79.9. The van der Waals surface area contributed by atoms with Crippen LogP contribution in [-0.4, -0.2) is 22.9 Å². The van der Waals surface area contributed by atoms with Crippen LogP contribution < -0.4 is 5.32 Å². The van der Waals surface area contributed by atoms with E-state index < -0.39 is 0 Å². The third-order valence-corrected chi connectivity index (χ3v) is 12.4. The molecule has 1 aromatic rings. The first-order chi connectivity index (χ1) is 17.4. The van der Waals surface area contributed by atoms with Gasteiger partial charge in [-0.25, -0.2) is 0 Å². The minimum Gasteiger partial charge on any atom is -0.392 e. The molecule has 0 aliphatic heterocycles. The highest BCUT2D eigenvalue weighted by Crippen LogP contribution is 2.67. The Labute approximate surface area is 234 Å². The van der Waals surface area contributed by atoms with Crippen molar-refractivity contribution in [3.63, 3.8) is 0 Å². The topological polar surface area (TPSA) is 66.4 Å². The number of aliphatic hydroxyl groups excluding tert-OH is 1. The molecule has 37 heavy (non-hydrogen) atoms. The second kappa shape index (κ2) is 10.1. The minimum atomic E-state index is -0.387. The Morgan fingerprint density at radius 2 is 1.95 bits per heavy atom. The number of fused-ring (bicyclic) bond motifs is 5. The number of amides is 1. The fraction of sp³-hybridized carbons (Fsp3) is 0.677. The molecule has 1 heterocycles. The van der Waals surface area contributed by atoms with Crippen LogP contribution in [0.15, 0.2) is 39.7 Å². The van der Waals surface area contributed by atoms with Gasteiger partial charge in [0.2, 0.25) is 5.91 Å². The number of rotatable bonds is 6. The third kappa shape index (κ3) is 4.74. The van der Waals surface area contributed by atoms with Crippen molar-refractivity contribution in [1.29, 1.82) is 0 Å². The predicted octanol–water partition coefficient (Wildman–Crippen LogP) is 7.25. The molecular weight excluding hydrogens is 546 g/mol. The van der Waals surface area contributed by atoms with E-state index in [0.717, 1.165) is 35.0 Å². The second-order valence-corrected chi connectivity index (χ2v) is 15.6. The Hall–Kier alpha value is -1.24. The molecule has 4 nitrogen and oxygen atoms in total. The number of carbonyl (C=O) groups is 2. The van der Waals surface area contributed by atoms with Crippen LogP contribution >= 0.6 is 27.3 Å². The van der Waals surface area contributed by atoms with E-state index >= 15 is 0 Å². The van der Waals surface area contributed by atoms with Gasteiger partial charge >= 0.3 is 0 Å². The lowest BCUT2D eigenvalue weighted by Gasteiger charge is -2.58. The number of allylic oxidation sites excluding steroid dienone is 3. The van der Waals surface area contributed by atoms with Gasteiger partial charge in [0, 0.05) is 16.7 Å². The molecule has 3 fully saturated rings. The van der Waals surface area contributed by atoms with E-state index in [2.05, 4.69) is 74.1 Å². The number of aliphatic hydroxyl groups is 1. The van der Waals surface area contributed by atoms with Crippen LogP contribution in [0.4, 0.5) is 0 Å². The zero-order valence-corrected chi connectivity index (χ0v) is 25.2. The Bertz CT molecular complexity index is 1120. The summed E-state index contributed by atoms with van der Waals surface area (Å²) in [7, 11) is 0. The molecule has 0 bridgehead atoms. The van der Waals surface area contributed by atoms with Crippen molar-refractivity contribution >= 4 is 39.0 Å². The quantitative estimate of drug-likeness (QED) is 0.368. The molecule has 1 amide bonds. The van der Waals surface area contributed by atoms with Gasteiger partial charge in [0.25, 0.3) is 0 Å². The normalized spacial score (nSPS) is 38.4. The fourth-order valence-electron chi connectivity index (χ4n) is 8.87. The molecular formula is C31H42BrNO3S. The molecule has 9 atom stereocenters. The second-order valence-electron chi connectivity index (χ2n) is 13.1. The van der Waals surface area contributed by atoms with Gasteiger partial charge < -0.3 is 10.4 Å². The molecule has 0 unspecified atom stereocenters. The molecule has 4 aliphatic carbocycles. The largest absolute Gasteiger partial charge is 0.392 e. The summed E-state index contributed by atoms with van der Waals surface area (Å²) in [6.45, 7) is 11.3. The maximum atomic E-state index is 13.3. The summed E-state index contributed by atoms with van der Waals surface area (Å²) in [6.07, 6.45) is 10.9. The smallest absolute Gasteiger partial charge is 0.220 e. The van der Waals surface area contributed by atoms with Gasteiger partial charge in [-0.05, 0) is 113 Å². The van der Waals surface area contributed by atoms with Crippen molar-refractivity contribution in [3.8, 4) is 0 Å². The summed E-state index contributed by atoms with van der Waals surface area (Å²) in [5.74, 6) is 2.41. The van der Waals surface area contributed by atoms with Crippen molar-refractivity contribution in [2.24, 2.45) is 46.3 Å². The van der Waals surface area contributed by atoms with Crippen molar-refractivity contribution < 1.29 is 14.7 Å². The van der Waals surface area contributed by atoms with Crippen LogP contribution in [0, 0.1) is 46.3 Å². The summed E-state index contributed by atoms with van der Waals surface area (Å²) in [4.78, 5) is 26.5. The summed E-state index contributed by atoms with van der Waals surface area (Å²) >= 11 is 5.25. The van der Waals surface area contributed by atoms with Gasteiger partial charge in [-0.3, -0.25) is 9.59 Å². The monoisotopic (exact) mass is 587 g/mol. The van der Waals surface area contributed by atoms with Crippen LogP contribution in [0.2, 0.25) is 0 Å². The predicted molar refractivity (Wildman–Crippen MR) is 153 cm³/mol. The average molecular weight is 589 g/mol. The van der Waals surface area contributed by atoms with Crippen molar-refractivity contribution in [2.75, 3.05) is 0 Å². The van der Waals surface area contributed by atoms with Gasteiger partial charge in [-0.1, -0.05) is 46.3 Å². The standard InChI is InChI=1S/C31H42BrNO3S/c1-17(2)29(25-8-9-26(32)37-25)33-27(36)14-18(3)21-6-7-22-28-23(11-13-31(21,22)5)30(4)12-10-20(34)15-19(30)16-24(28)35/h8-10,12,15,17-18,21-24,28-29,35H,6-7,11,13-14,16H2,1-5H3,(H,33,36)/t18-,21-,22+,23+,24-,28+,29-,30+,31-/m1/s1. The lowest BCUT2D eigenvalue weighted by Crippen LogP contribution is -2.55. The van der Waals surface area contributed by atoms with E-state index in [9.17, 15) is 14.7 Å². The number of ketones is 1.